The topological polar surface area (TPSA) is 62.2 Å². The molecule has 112 valence electrons. The van der Waals surface area contributed by atoms with Crippen LogP contribution in [-0.4, -0.2) is 16.1 Å². The van der Waals surface area contributed by atoms with Gasteiger partial charge in [0, 0.05) is 24.0 Å². The fourth-order valence-electron chi connectivity index (χ4n) is 2.07. The van der Waals surface area contributed by atoms with Gasteiger partial charge in [-0.05, 0) is 11.5 Å². The van der Waals surface area contributed by atoms with Crippen molar-refractivity contribution in [3.05, 3.63) is 52.0 Å². The first-order valence-electron chi connectivity index (χ1n) is 7.01. The first-order valence-corrected chi connectivity index (χ1v) is 7.82. The van der Waals surface area contributed by atoms with Gasteiger partial charge in [0.25, 0.3) is 0 Å². The van der Waals surface area contributed by atoms with Gasteiger partial charge in [-0.1, -0.05) is 44.2 Å². The second-order valence-corrected chi connectivity index (χ2v) is 6.58. The van der Waals surface area contributed by atoms with E-state index in [0.717, 1.165) is 21.9 Å². The summed E-state index contributed by atoms with van der Waals surface area (Å²) in [6.45, 7) is 4.84. The van der Waals surface area contributed by atoms with Crippen molar-refractivity contribution < 1.29 is 9.90 Å². The lowest BCUT2D eigenvalue weighted by Gasteiger charge is -2.13. The van der Waals surface area contributed by atoms with E-state index in [0.29, 0.717) is 12.5 Å². The molecule has 0 saturated heterocycles. The molecule has 5 heteroatoms. The van der Waals surface area contributed by atoms with Gasteiger partial charge in [0.15, 0.2) is 0 Å². The lowest BCUT2D eigenvalue weighted by atomic mass is 10.1. The summed E-state index contributed by atoms with van der Waals surface area (Å²) in [5.74, 6) is -0.291. The first kappa shape index (κ1) is 15.7. The van der Waals surface area contributed by atoms with E-state index in [4.69, 9.17) is 0 Å². The number of aliphatic carboxylic acids is 1. The molecule has 0 spiro atoms. The van der Waals surface area contributed by atoms with Gasteiger partial charge in [-0.15, -0.1) is 11.3 Å². The maximum atomic E-state index is 11.4. The Bertz CT molecular complexity index is 581. The van der Waals surface area contributed by atoms with Crippen LogP contribution < -0.4 is 5.32 Å². The molecule has 0 saturated carbocycles. The molecule has 0 unspecified atom stereocenters. The highest BCUT2D eigenvalue weighted by molar-refractivity contribution is 7.11. The van der Waals surface area contributed by atoms with Gasteiger partial charge in [0.2, 0.25) is 0 Å². The predicted octanol–water partition coefficient (Wildman–Crippen LogP) is 3.26. The number of hydrogen-bond donors (Lipinski definition) is 2. The third-order valence-electron chi connectivity index (χ3n) is 3.04. The first-order chi connectivity index (χ1) is 10.1. The Kier molecular flexibility index (Phi) is 5.47. The fourth-order valence-corrected chi connectivity index (χ4v) is 3.15. The lowest BCUT2D eigenvalue weighted by molar-refractivity contribution is -0.139. The Hall–Kier alpha value is -1.72. The van der Waals surface area contributed by atoms with Crippen molar-refractivity contribution >= 4 is 17.3 Å². The highest BCUT2D eigenvalue weighted by Crippen LogP contribution is 2.18. The Balaban J connectivity index is 1.99. The Morgan fingerprint density at radius 1 is 1.33 bits per heavy atom. The van der Waals surface area contributed by atoms with Crippen LogP contribution >= 0.6 is 11.3 Å². The van der Waals surface area contributed by atoms with E-state index in [1.165, 1.54) is 0 Å². The summed E-state index contributed by atoms with van der Waals surface area (Å²) >= 11 is 1.64. The summed E-state index contributed by atoms with van der Waals surface area (Å²) in [5.41, 5.74) is 0.761. The molecule has 21 heavy (non-hydrogen) atoms. The van der Waals surface area contributed by atoms with E-state index in [2.05, 4.69) is 24.1 Å². The van der Waals surface area contributed by atoms with Gasteiger partial charge in [-0.25, -0.2) is 4.98 Å². The van der Waals surface area contributed by atoms with Crippen LogP contribution in [0.25, 0.3) is 0 Å². The molecule has 2 N–H and O–H groups in total. The maximum absolute atomic E-state index is 11.4. The summed E-state index contributed by atoms with van der Waals surface area (Å²) in [4.78, 5) is 16.8. The number of carbonyl (C=O) groups is 1. The number of benzene rings is 1. The van der Waals surface area contributed by atoms with Gasteiger partial charge in [-0.3, -0.25) is 10.1 Å². The molecular weight excluding hydrogens is 284 g/mol. The highest BCUT2D eigenvalue weighted by atomic mass is 32.1. The summed E-state index contributed by atoms with van der Waals surface area (Å²) in [6, 6.07) is 8.53. The molecule has 0 aliphatic rings. The molecule has 0 aliphatic carbocycles. The van der Waals surface area contributed by atoms with Crippen LogP contribution in [0.3, 0.4) is 0 Å². The number of carboxylic acid groups (broad SMARTS) is 1. The molecule has 1 heterocycles. The fraction of sp³-hybridized carbons (Fsp3) is 0.375. The lowest BCUT2D eigenvalue weighted by Crippen LogP contribution is -2.27. The van der Waals surface area contributed by atoms with Crippen LogP contribution in [0.2, 0.25) is 0 Å². The average molecular weight is 304 g/mol. The molecule has 1 atom stereocenters. The van der Waals surface area contributed by atoms with E-state index >= 15 is 0 Å². The average Bonchev–Trinajstić information content (AvgIpc) is 2.86. The minimum absolute atomic E-state index is 0.515. The third-order valence-corrected chi connectivity index (χ3v) is 4.06. The van der Waals surface area contributed by atoms with E-state index in [-0.39, 0.29) is 0 Å². The quantitative estimate of drug-likeness (QED) is 0.824. The van der Waals surface area contributed by atoms with Crippen molar-refractivity contribution in [2.45, 2.75) is 32.9 Å². The number of nitrogens with zero attached hydrogens (tertiary/aromatic N) is 1. The van der Waals surface area contributed by atoms with Gasteiger partial charge < -0.3 is 5.11 Å². The molecule has 2 aromatic rings. The van der Waals surface area contributed by atoms with Crippen LogP contribution in [0, 0.1) is 5.92 Å². The summed E-state index contributed by atoms with van der Waals surface area (Å²) < 4.78 is 0. The molecule has 0 amide bonds. The number of rotatable bonds is 7. The largest absolute Gasteiger partial charge is 0.480 e. The number of carboxylic acids is 1. The maximum Gasteiger partial charge on any atom is 0.325 e. The molecule has 1 aromatic heterocycles. The second-order valence-electron chi connectivity index (χ2n) is 5.38. The molecule has 4 nitrogen and oxygen atoms in total. The number of hydrogen-bond acceptors (Lipinski definition) is 4. The van der Waals surface area contributed by atoms with Crippen LogP contribution in [0.5, 0.6) is 0 Å². The van der Waals surface area contributed by atoms with E-state index < -0.39 is 12.0 Å². The van der Waals surface area contributed by atoms with Crippen LogP contribution in [0.1, 0.15) is 35.3 Å². The molecule has 0 radical (unpaired) electrons. The smallest absolute Gasteiger partial charge is 0.325 e. The second kappa shape index (κ2) is 7.33. The minimum atomic E-state index is -0.867. The van der Waals surface area contributed by atoms with Gasteiger partial charge in [-0.2, -0.15) is 0 Å². The van der Waals surface area contributed by atoms with E-state index in [1.54, 1.807) is 11.3 Å². The number of thiazole rings is 1. The van der Waals surface area contributed by atoms with Gasteiger partial charge in [0.1, 0.15) is 6.04 Å². The zero-order valence-electron chi connectivity index (χ0n) is 12.2. The molecule has 1 aromatic carbocycles. The molecule has 0 fully saturated rings. The van der Waals surface area contributed by atoms with E-state index in [1.807, 2.05) is 36.5 Å². The summed E-state index contributed by atoms with van der Waals surface area (Å²) in [6.07, 6.45) is 2.80. The Morgan fingerprint density at radius 3 is 2.67 bits per heavy atom. The number of nitrogens with one attached hydrogen (secondary N) is 1. The van der Waals surface area contributed by atoms with E-state index in [9.17, 15) is 9.90 Å². The van der Waals surface area contributed by atoms with Crippen molar-refractivity contribution in [1.82, 2.24) is 10.3 Å². The zero-order chi connectivity index (χ0) is 15.2. The zero-order valence-corrected chi connectivity index (χ0v) is 13.1. The normalized spacial score (nSPS) is 12.5. The SMILES string of the molecule is CC(C)Cc1ncc(CN[C@@H](C(=O)O)c2ccccc2)s1. The Morgan fingerprint density at radius 2 is 2.05 bits per heavy atom. The minimum Gasteiger partial charge on any atom is -0.480 e. The standard InChI is InChI=1S/C16H20N2O2S/c1-11(2)8-14-17-9-13(21-14)10-18-15(16(19)20)12-6-4-3-5-7-12/h3-7,9,11,15,18H,8,10H2,1-2H3,(H,19,20)/t15-/m1/s1. The van der Waals surface area contributed by atoms with Crippen LogP contribution in [-0.2, 0) is 17.8 Å². The van der Waals surface area contributed by atoms with Crippen molar-refractivity contribution in [1.29, 1.82) is 0 Å². The van der Waals surface area contributed by atoms with Crippen molar-refractivity contribution in [2.75, 3.05) is 0 Å². The van der Waals surface area contributed by atoms with Crippen molar-refractivity contribution in [3.8, 4) is 0 Å². The predicted molar refractivity (Wildman–Crippen MR) is 84.3 cm³/mol. The van der Waals surface area contributed by atoms with Crippen molar-refractivity contribution in [3.63, 3.8) is 0 Å². The van der Waals surface area contributed by atoms with Gasteiger partial charge in [0.05, 0.1) is 5.01 Å². The van der Waals surface area contributed by atoms with Crippen LogP contribution in [0.4, 0.5) is 0 Å². The van der Waals surface area contributed by atoms with Crippen molar-refractivity contribution in [2.24, 2.45) is 5.92 Å². The monoisotopic (exact) mass is 304 g/mol. The third kappa shape index (κ3) is 4.65. The number of aromatic nitrogens is 1. The molecule has 2 rings (SSSR count). The highest BCUT2D eigenvalue weighted by Gasteiger charge is 2.19. The molecule has 0 bridgehead atoms. The molecular formula is C16H20N2O2S. The molecule has 0 aliphatic heterocycles. The Labute approximate surface area is 128 Å². The van der Waals surface area contributed by atoms with Crippen LogP contribution in [0.15, 0.2) is 36.5 Å². The summed E-state index contributed by atoms with van der Waals surface area (Å²) in [7, 11) is 0. The van der Waals surface area contributed by atoms with Gasteiger partial charge >= 0.3 is 5.97 Å². The summed E-state index contributed by atoms with van der Waals surface area (Å²) in [5, 5.41) is 13.5.